The van der Waals surface area contributed by atoms with Crippen LogP contribution in [0.2, 0.25) is 5.02 Å². The number of aromatic amines is 2. The predicted octanol–water partition coefficient (Wildman–Crippen LogP) is 0.538. The molecular weight excluding hydrogens is 244 g/mol. The summed E-state index contributed by atoms with van der Waals surface area (Å²) in [6.07, 6.45) is 0. The van der Waals surface area contributed by atoms with Gasteiger partial charge in [-0.2, -0.15) is 4.68 Å². The fourth-order valence-electron chi connectivity index (χ4n) is 1.83. The Kier molecular flexibility index (Phi) is 1.84. The summed E-state index contributed by atoms with van der Waals surface area (Å²) < 4.78 is 0.527. The van der Waals surface area contributed by atoms with Crippen LogP contribution in [0.5, 0.6) is 0 Å². The van der Waals surface area contributed by atoms with Crippen molar-refractivity contribution in [3.8, 4) is 0 Å². The van der Waals surface area contributed by atoms with Gasteiger partial charge in [-0.3, -0.25) is 4.79 Å². The molecule has 0 spiro atoms. The molecule has 0 amide bonds. The van der Waals surface area contributed by atoms with Crippen molar-refractivity contribution in [1.82, 2.24) is 14.6 Å². The van der Waals surface area contributed by atoms with Crippen LogP contribution in [0.4, 0.5) is 0 Å². The molecule has 0 aliphatic rings. The first kappa shape index (κ1) is 9.98. The van der Waals surface area contributed by atoms with Gasteiger partial charge in [0.25, 0.3) is 5.56 Å². The monoisotopic (exact) mass is 250 g/mol. The van der Waals surface area contributed by atoms with Crippen molar-refractivity contribution in [3.05, 3.63) is 44.1 Å². The van der Waals surface area contributed by atoms with Crippen LogP contribution in [0.1, 0.15) is 0 Å². The van der Waals surface area contributed by atoms with E-state index in [1.54, 1.807) is 18.2 Å². The van der Waals surface area contributed by atoms with Crippen molar-refractivity contribution >= 4 is 33.5 Å². The maximum absolute atomic E-state index is 11.8. The summed E-state index contributed by atoms with van der Waals surface area (Å²) in [5.41, 5.74) is 0.145. The highest BCUT2D eigenvalue weighted by molar-refractivity contribution is 6.31. The average Bonchev–Trinajstić information content (AvgIpc) is 2.65. The Balaban J connectivity index is 2.67. The Bertz CT molecular complexity index is 858. The summed E-state index contributed by atoms with van der Waals surface area (Å²) in [5, 5.41) is 1.21. The van der Waals surface area contributed by atoms with Crippen molar-refractivity contribution in [1.29, 1.82) is 0 Å². The maximum Gasteiger partial charge on any atom is 0.347 e. The van der Waals surface area contributed by atoms with Gasteiger partial charge in [-0.05, 0) is 18.2 Å². The number of nitrogen functional groups attached to an aromatic ring is 1. The van der Waals surface area contributed by atoms with E-state index in [4.69, 9.17) is 17.4 Å². The molecule has 0 aliphatic heterocycles. The van der Waals surface area contributed by atoms with E-state index in [0.717, 1.165) is 0 Å². The molecule has 0 fully saturated rings. The summed E-state index contributed by atoms with van der Waals surface area (Å²) in [6, 6.07) is 5.10. The van der Waals surface area contributed by atoms with Gasteiger partial charge >= 0.3 is 5.69 Å². The number of hydrogen-bond acceptors (Lipinski definition) is 3. The molecule has 17 heavy (non-hydrogen) atoms. The Labute approximate surface area is 98.6 Å². The van der Waals surface area contributed by atoms with Crippen LogP contribution in [-0.4, -0.2) is 14.6 Å². The van der Waals surface area contributed by atoms with E-state index in [-0.39, 0.29) is 5.52 Å². The molecule has 6 nitrogen and oxygen atoms in total. The van der Waals surface area contributed by atoms with E-state index in [2.05, 4.69) is 9.97 Å². The lowest BCUT2D eigenvalue weighted by atomic mass is 10.2. The minimum Gasteiger partial charge on any atom is -0.349 e. The molecular formula is C10H7ClN4O2. The molecule has 3 aromatic rings. The predicted molar refractivity (Wildman–Crippen MR) is 65.8 cm³/mol. The largest absolute Gasteiger partial charge is 0.349 e. The molecule has 86 valence electrons. The summed E-state index contributed by atoms with van der Waals surface area (Å²) in [4.78, 5) is 28.6. The van der Waals surface area contributed by atoms with Gasteiger partial charge in [0, 0.05) is 15.9 Å². The standard InChI is InChI=1S/C10H7ClN4O2/c11-4-1-2-6-5(3-4)7-8(13-6)9(16)15(12)10(17)14-7/h1-3,13H,12H2,(H,14,17). The van der Waals surface area contributed by atoms with E-state index in [9.17, 15) is 9.59 Å². The third-order valence-electron chi connectivity index (χ3n) is 2.64. The SMILES string of the molecule is Nn1c(=O)[nH]c2c([nH]c3ccc(Cl)cc32)c1=O. The van der Waals surface area contributed by atoms with E-state index in [1.165, 1.54) is 0 Å². The number of fused-ring (bicyclic) bond motifs is 3. The van der Waals surface area contributed by atoms with Gasteiger partial charge in [0.1, 0.15) is 5.52 Å². The van der Waals surface area contributed by atoms with Crippen LogP contribution in [-0.2, 0) is 0 Å². The molecule has 0 saturated carbocycles. The highest BCUT2D eigenvalue weighted by atomic mass is 35.5. The van der Waals surface area contributed by atoms with Gasteiger partial charge in [0.2, 0.25) is 0 Å². The molecule has 2 aromatic heterocycles. The summed E-state index contributed by atoms with van der Waals surface area (Å²) in [6.45, 7) is 0. The first-order chi connectivity index (χ1) is 8.08. The number of rotatable bonds is 0. The highest BCUT2D eigenvalue weighted by Gasteiger charge is 2.11. The van der Waals surface area contributed by atoms with Crippen LogP contribution in [0.3, 0.4) is 0 Å². The van der Waals surface area contributed by atoms with Gasteiger partial charge in [-0.15, -0.1) is 0 Å². The quantitative estimate of drug-likeness (QED) is 0.508. The van der Waals surface area contributed by atoms with Crippen LogP contribution >= 0.6 is 11.6 Å². The van der Waals surface area contributed by atoms with Gasteiger partial charge in [0.15, 0.2) is 0 Å². The fraction of sp³-hybridized carbons (Fsp3) is 0. The Morgan fingerprint density at radius 2 is 1.94 bits per heavy atom. The minimum atomic E-state index is -0.664. The molecule has 1 aromatic carbocycles. The number of benzene rings is 1. The zero-order chi connectivity index (χ0) is 12.2. The van der Waals surface area contributed by atoms with Crippen LogP contribution in [0.15, 0.2) is 27.8 Å². The number of nitrogens with two attached hydrogens (primary N) is 1. The van der Waals surface area contributed by atoms with Crippen LogP contribution in [0, 0.1) is 0 Å². The van der Waals surface area contributed by atoms with Crippen molar-refractivity contribution in [2.75, 3.05) is 5.84 Å². The molecule has 2 heterocycles. The molecule has 7 heteroatoms. The topological polar surface area (TPSA) is 96.7 Å². The van der Waals surface area contributed by atoms with E-state index < -0.39 is 11.2 Å². The Morgan fingerprint density at radius 3 is 2.71 bits per heavy atom. The number of halogens is 1. The Morgan fingerprint density at radius 1 is 1.18 bits per heavy atom. The molecule has 0 unspecified atom stereocenters. The first-order valence-corrected chi connectivity index (χ1v) is 5.17. The van der Waals surface area contributed by atoms with Crippen molar-refractivity contribution in [3.63, 3.8) is 0 Å². The smallest absolute Gasteiger partial charge is 0.347 e. The normalized spacial score (nSPS) is 11.4. The second-order valence-corrected chi connectivity index (χ2v) is 4.11. The molecule has 0 radical (unpaired) electrons. The third kappa shape index (κ3) is 1.27. The average molecular weight is 251 g/mol. The second kappa shape index (κ2) is 3.14. The van der Waals surface area contributed by atoms with Gasteiger partial charge in [-0.25, -0.2) is 4.79 Å². The highest BCUT2D eigenvalue weighted by Crippen LogP contribution is 2.23. The minimum absolute atomic E-state index is 0.254. The summed E-state index contributed by atoms with van der Waals surface area (Å²) in [7, 11) is 0. The first-order valence-electron chi connectivity index (χ1n) is 4.79. The van der Waals surface area contributed by atoms with Gasteiger partial charge in [-0.1, -0.05) is 11.6 Å². The van der Waals surface area contributed by atoms with Crippen LogP contribution < -0.4 is 17.1 Å². The van der Waals surface area contributed by atoms with E-state index in [0.29, 0.717) is 26.1 Å². The second-order valence-electron chi connectivity index (χ2n) is 3.67. The summed E-state index contributed by atoms with van der Waals surface area (Å²) in [5.74, 6) is 5.31. The summed E-state index contributed by atoms with van der Waals surface area (Å²) >= 11 is 5.87. The lowest BCUT2D eigenvalue weighted by Crippen LogP contribution is -2.40. The number of H-pyrrole nitrogens is 2. The number of hydrogen-bond donors (Lipinski definition) is 3. The third-order valence-corrected chi connectivity index (χ3v) is 2.88. The van der Waals surface area contributed by atoms with Crippen molar-refractivity contribution < 1.29 is 0 Å². The lowest BCUT2D eigenvalue weighted by molar-refractivity contribution is 0.855. The molecule has 0 aliphatic carbocycles. The van der Waals surface area contributed by atoms with Crippen molar-refractivity contribution in [2.45, 2.75) is 0 Å². The molecule has 0 atom stereocenters. The molecule has 0 saturated heterocycles. The lowest BCUT2D eigenvalue weighted by Gasteiger charge is -1.95. The fourth-order valence-corrected chi connectivity index (χ4v) is 2.01. The van der Waals surface area contributed by atoms with Crippen LogP contribution in [0.25, 0.3) is 21.9 Å². The number of nitrogens with zero attached hydrogens (tertiary/aromatic N) is 1. The number of nitrogens with one attached hydrogen (secondary N) is 2. The van der Waals surface area contributed by atoms with Gasteiger partial charge < -0.3 is 15.8 Å². The maximum atomic E-state index is 11.8. The molecule has 0 bridgehead atoms. The van der Waals surface area contributed by atoms with Crippen molar-refractivity contribution in [2.24, 2.45) is 0 Å². The zero-order valence-electron chi connectivity index (χ0n) is 8.45. The van der Waals surface area contributed by atoms with Gasteiger partial charge in [0.05, 0.1) is 5.52 Å². The Hall–Kier alpha value is -2.21. The van der Waals surface area contributed by atoms with E-state index >= 15 is 0 Å². The zero-order valence-corrected chi connectivity index (χ0v) is 9.21. The van der Waals surface area contributed by atoms with E-state index in [1.807, 2.05) is 0 Å². The molecule has 4 N–H and O–H groups in total. The molecule has 3 rings (SSSR count). The number of aromatic nitrogens is 3.